The maximum atomic E-state index is 13.4. The summed E-state index contributed by atoms with van der Waals surface area (Å²) in [5.41, 5.74) is 1.66. The molecule has 3 aromatic carbocycles. The van der Waals surface area contributed by atoms with Crippen molar-refractivity contribution in [1.82, 2.24) is 5.32 Å². The molecule has 1 fully saturated rings. The molecule has 7 nitrogen and oxygen atoms in total. The fraction of sp³-hybridized carbons (Fsp3) is 0.0455. The number of nitrogens with zero attached hydrogens (tertiary/aromatic N) is 2. The lowest BCUT2D eigenvalue weighted by Gasteiger charge is -2.25. The molecule has 0 bridgehead atoms. The number of nitro benzene ring substituents is 1. The van der Waals surface area contributed by atoms with Crippen LogP contribution >= 0.6 is 23.2 Å². The summed E-state index contributed by atoms with van der Waals surface area (Å²) >= 11 is 12.7. The molecule has 156 valence electrons. The van der Waals surface area contributed by atoms with Crippen LogP contribution in [0.2, 0.25) is 10.0 Å². The van der Waals surface area contributed by atoms with E-state index in [0.29, 0.717) is 5.56 Å². The molecule has 2 N–H and O–H groups in total. The number of halogens is 2. The second-order valence-corrected chi connectivity index (χ2v) is 7.61. The molecule has 31 heavy (non-hydrogen) atoms. The highest BCUT2D eigenvalue weighted by molar-refractivity contribution is 6.40. The summed E-state index contributed by atoms with van der Waals surface area (Å²) in [6.45, 7) is 0. The number of nitrogens with one attached hydrogen (secondary N) is 1. The molecule has 4 rings (SSSR count). The van der Waals surface area contributed by atoms with E-state index in [4.69, 9.17) is 23.2 Å². The normalized spacial score (nSPS) is 17.1. The molecule has 1 aliphatic rings. The van der Waals surface area contributed by atoms with Gasteiger partial charge in [-0.3, -0.25) is 19.8 Å². The van der Waals surface area contributed by atoms with Crippen LogP contribution in [0.1, 0.15) is 17.3 Å². The van der Waals surface area contributed by atoms with E-state index < -0.39 is 17.0 Å². The van der Waals surface area contributed by atoms with Gasteiger partial charge < -0.3 is 10.4 Å². The van der Waals surface area contributed by atoms with Crippen LogP contribution in [0, 0.1) is 10.1 Å². The van der Waals surface area contributed by atoms with Gasteiger partial charge in [-0.05, 0) is 29.3 Å². The fourth-order valence-corrected chi connectivity index (χ4v) is 4.00. The number of aromatic hydroxyl groups is 1. The molecule has 1 atom stereocenters. The molecule has 9 heteroatoms. The first-order chi connectivity index (χ1) is 14.8. The van der Waals surface area contributed by atoms with Gasteiger partial charge in [-0.15, -0.1) is 0 Å². The maximum absolute atomic E-state index is 13.4. The molecule has 3 aromatic rings. The van der Waals surface area contributed by atoms with E-state index in [0.717, 1.165) is 5.56 Å². The third-order valence-electron chi connectivity index (χ3n) is 4.77. The summed E-state index contributed by atoms with van der Waals surface area (Å²) in [5.74, 6) is -0.291. The number of phenols is 1. The highest BCUT2D eigenvalue weighted by atomic mass is 35.5. The van der Waals surface area contributed by atoms with E-state index in [-0.39, 0.29) is 32.9 Å². The number of amides is 1. The lowest BCUT2D eigenvalue weighted by Crippen LogP contribution is -2.30. The second kappa shape index (κ2) is 8.29. The lowest BCUT2D eigenvalue weighted by atomic mass is 10.1. The van der Waals surface area contributed by atoms with E-state index in [1.165, 1.54) is 29.2 Å². The van der Waals surface area contributed by atoms with Crippen molar-refractivity contribution in [2.24, 2.45) is 0 Å². The van der Waals surface area contributed by atoms with Crippen LogP contribution < -0.4 is 10.2 Å². The number of nitro groups is 1. The summed E-state index contributed by atoms with van der Waals surface area (Å²) in [6.07, 6.45) is 1.01. The molecule has 0 radical (unpaired) electrons. The Bertz CT molecular complexity index is 1170. The Hall–Kier alpha value is -3.55. The van der Waals surface area contributed by atoms with E-state index in [2.05, 4.69) is 5.32 Å². The Morgan fingerprint density at radius 3 is 2.23 bits per heavy atom. The van der Waals surface area contributed by atoms with Crippen LogP contribution in [0.4, 0.5) is 11.4 Å². The minimum Gasteiger partial charge on any atom is -0.508 e. The van der Waals surface area contributed by atoms with Crippen LogP contribution in [-0.2, 0) is 4.79 Å². The van der Waals surface area contributed by atoms with Crippen molar-refractivity contribution in [3.05, 3.63) is 104 Å². The largest absolute Gasteiger partial charge is 0.508 e. The lowest BCUT2D eigenvalue weighted by molar-refractivity contribution is -0.384. The number of rotatable bonds is 4. The van der Waals surface area contributed by atoms with Crippen LogP contribution in [-0.4, -0.2) is 15.9 Å². The number of anilines is 1. The van der Waals surface area contributed by atoms with E-state index >= 15 is 0 Å². The van der Waals surface area contributed by atoms with Crippen molar-refractivity contribution in [2.75, 3.05) is 4.90 Å². The third kappa shape index (κ3) is 4.05. The van der Waals surface area contributed by atoms with Gasteiger partial charge in [0.2, 0.25) is 0 Å². The predicted molar refractivity (Wildman–Crippen MR) is 119 cm³/mol. The van der Waals surface area contributed by atoms with Crippen molar-refractivity contribution < 1.29 is 14.8 Å². The van der Waals surface area contributed by atoms with Crippen LogP contribution in [0.3, 0.4) is 0 Å². The van der Waals surface area contributed by atoms with Gasteiger partial charge in [-0.25, -0.2) is 0 Å². The number of carbonyl (C=O) groups excluding carboxylic acids is 1. The Morgan fingerprint density at radius 2 is 1.65 bits per heavy atom. The number of hydrogen-bond donors (Lipinski definition) is 2. The first-order valence-corrected chi connectivity index (χ1v) is 9.90. The van der Waals surface area contributed by atoms with Gasteiger partial charge in [0.25, 0.3) is 11.6 Å². The second-order valence-electron chi connectivity index (χ2n) is 6.80. The molecule has 1 amide bonds. The van der Waals surface area contributed by atoms with E-state index in [1.54, 1.807) is 18.2 Å². The van der Waals surface area contributed by atoms with Crippen LogP contribution in [0.5, 0.6) is 5.75 Å². The minimum atomic E-state index is -0.631. The molecular formula is C22H15Cl2N3O4. The predicted octanol–water partition coefficient (Wildman–Crippen LogP) is 5.28. The first kappa shape index (κ1) is 20.7. The van der Waals surface area contributed by atoms with Gasteiger partial charge >= 0.3 is 0 Å². The Labute approximate surface area is 187 Å². The average molecular weight is 456 g/mol. The molecule has 0 aromatic heterocycles. The van der Waals surface area contributed by atoms with Gasteiger partial charge in [-0.1, -0.05) is 65.7 Å². The van der Waals surface area contributed by atoms with Crippen molar-refractivity contribution >= 4 is 46.6 Å². The number of phenolic OH excluding ortho intramolecular Hbond substituents is 1. The smallest absolute Gasteiger partial charge is 0.276 e. The molecule has 1 heterocycles. The zero-order valence-corrected chi connectivity index (χ0v) is 17.3. The van der Waals surface area contributed by atoms with Gasteiger partial charge in [-0.2, -0.15) is 0 Å². The number of benzene rings is 3. The summed E-state index contributed by atoms with van der Waals surface area (Å²) in [5, 5.41) is 23.8. The monoisotopic (exact) mass is 455 g/mol. The molecule has 1 saturated heterocycles. The van der Waals surface area contributed by atoms with Gasteiger partial charge in [0.1, 0.15) is 17.6 Å². The maximum Gasteiger partial charge on any atom is 0.276 e. The summed E-state index contributed by atoms with van der Waals surface area (Å²) in [7, 11) is 0. The minimum absolute atomic E-state index is 0.0128. The molecule has 0 saturated carbocycles. The Morgan fingerprint density at radius 1 is 1.03 bits per heavy atom. The third-order valence-corrected chi connectivity index (χ3v) is 5.35. The van der Waals surface area contributed by atoms with Crippen molar-refractivity contribution in [2.45, 2.75) is 6.17 Å². The fourth-order valence-electron chi connectivity index (χ4n) is 3.35. The highest BCUT2D eigenvalue weighted by Gasteiger charge is 2.39. The first-order valence-electron chi connectivity index (χ1n) is 9.14. The van der Waals surface area contributed by atoms with Gasteiger partial charge in [0.15, 0.2) is 0 Å². The molecule has 0 aliphatic carbocycles. The van der Waals surface area contributed by atoms with Crippen LogP contribution in [0.25, 0.3) is 6.08 Å². The SMILES string of the molecule is O=C1/C(=C/c2ccc(O)cc2)NC(c2ccccc2)N1c1c(Cl)cc([N+](=O)[O-])cc1Cl. The topological polar surface area (TPSA) is 95.7 Å². The summed E-state index contributed by atoms with van der Waals surface area (Å²) < 4.78 is 0. The van der Waals surface area contributed by atoms with E-state index in [1.807, 2.05) is 30.3 Å². The zero-order chi connectivity index (χ0) is 22.1. The molecule has 1 unspecified atom stereocenters. The highest BCUT2D eigenvalue weighted by Crippen LogP contribution is 2.43. The van der Waals surface area contributed by atoms with E-state index in [9.17, 15) is 20.0 Å². The Kier molecular flexibility index (Phi) is 5.54. The molecule has 0 spiro atoms. The summed E-state index contributed by atoms with van der Waals surface area (Å²) in [4.78, 5) is 25.3. The standard InChI is InChI=1S/C22H15Cl2N3O4/c23-17-11-15(27(30)31)12-18(24)20(17)26-21(14-4-2-1-3-5-14)25-19(22(26)29)10-13-6-8-16(28)9-7-13/h1-12,21,25,28H/b19-10-. The van der Waals surface area contributed by atoms with Crippen molar-refractivity contribution in [3.63, 3.8) is 0 Å². The average Bonchev–Trinajstić information content (AvgIpc) is 3.06. The molecular weight excluding hydrogens is 441 g/mol. The molecule has 1 aliphatic heterocycles. The van der Waals surface area contributed by atoms with Crippen molar-refractivity contribution in [3.8, 4) is 5.75 Å². The van der Waals surface area contributed by atoms with Gasteiger partial charge in [0, 0.05) is 12.1 Å². The quantitative estimate of drug-likeness (QED) is 0.316. The Balaban J connectivity index is 1.83. The van der Waals surface area contributed by atoms with Crippen molar-refractivity contribution in [1.29, 1.82) is 0 Å². The summed E-state index contributed by atoms with van der Waals surface area (Å²) in [6, 6.07) is 17.9. The number of carbonyl (C=O) groups is 1. The zero-order valence-electron chi connectivity index (χ0n) is 15.8. The van der Waals surface area contributed by atoms with Crippen LogP contribution in [0.15, 0.2) is 72.4 Å². The van der Waals surface area contributed by atoms with Gasteiger partial charge in [0.05, 0.1) is 20.7 Å². The number of hydrogen-bond acceptors (Lipinski definition) is 5. The number of non-ortho nitro benzene ring substituents is 1.